The number of aromatic nitrogens is 2. The van der Waals surface area contributed by atoms with Crippen molar-refractivity contribution in [1.82, 2.24) is 9.78 Å². The minimum atomic E-state index is 0.414. The van der Waals surface area contributed by atoms with Gasteiger partial charge in [-0.1, -0.05) is 11.6 Å². The summed E-state index contributed by atoms with van der Waals surface area (Å²) in [5, 5.41) is 4.57. The molecule has 1 heterocycles. The van der Waals surface area contributed by atoms with Crippen molar-refractivity contribution in [3.8, 4) is 11.6 Å². The summed E-state index contributed by atoms with van der Waals surface area (Å²) in [6.45, 7) is 0. The Kier molecular flexibility index (Phi) is 2.92. The van der Waals surface area contributed by atoms with Crippen molar-refractivity contribution in [3.05, 3.63) is 41.0 Å². The van der Waals surface area contributed by atoms with Gasteiger partial charge in [-0.15, -0.1) is 0 Å². The summed E-state index contributed by atoms with van der Waals surface area (Å²) in [5.74, 6) is 1.02. The smallest absolute Gasteiger partial charge is 0.228 e. The maximum absolute atomic E-state index is 10.7. The second-order valence-electron chi connectivity index (χ2n) is 3.20. The highest BCUT2D eigenvalue weighted by Crippen LogP contribution is 2.24. The van der Waals surface area contributed by atoms with Gasteiger partial charge >= 0.3 is 0 Å². The number of rotatable bonds is 3. The third kappa shape index (κ3) is 2.06. The van der Waals surface area contributed by atoms with E-state index in [2.05, 4.69) is 5.10 Å². The van der Waals surface area contributed by atoms with Crippen LogP contribution in [0, 0.1) is 0 Å². The molecular formula is C11H9ClN2O2. The van der Waals surface area contributed by atoms with Crippen molar-refractivity contribution < 1.29 is 9.53 Å². The van der Waals surface area contributed by atoms with E-state index in [0.29, 0.717) is 28.5 Å². The van der Waals surface area contributed by atoms with Crippen molar-refractivity contribution >= 4 is 17.9 Å². The Labute approximate surface area is 97.4 Å². The third-order valence-corrected chi connectivity index (χ3v) is 2.32. The second kappa shape index (κ2) is 4.37. The molecule has 0 fully saturated rings. The van der Waals surface area contributed by atoms with Crippen molar-refractivity contribution in [2.45, 2.75) is 0 Å². The SMILES string of the molecule is Cn1ncc(C=O)c1Oc1ccc(Cl)cc1. The molecule has 82 valence electrons. The number of halogens is 1. The van der Waals surface area contributed by atoms with Crippen LogP contribution >= 0.6 is 11.6 Å². The van der Waals surface area contributed by atoms with E-state index >= 15 is 0 Å². The number of nitrogens with zero attached hydrogens (tertiary/aromatic N) is 2. The molecule has 16 heavy (non-hydrogen) atoms. The molecule has 0 spiro atoms. The molecule has 0 unspecified atom stereocenters. The van der Waals surface area contributed by atoms with Gasteiger partial charge in [0, 0.05) is 12.1 Å². The number of ether oxygens (including phenoxy) is 1. The number of hydrogen-bond acceptors (Lipinski definition) is 3. The Morgan fingerprint density at radius 3 is 2.69 bits per heavy atom. The van der Waals surface area contributed by atoms with Crippen LogP contribution in [0.3, 0.4) is 0 Å². The predicted molar refractivity (Wildman–Crippen MR) is 60.1 cm³/mol. The molecule has 0 saturated heterocycles. The Morgan fingerprint density at radius 2 is 2.06 bits per heavy atom. The zero-order valence-electron chi connectivity index (χ0n) is 8.55. The lowest BCUT2D eigenvalue weighted by atomic mass is 10.3. The summed E-state index contributed by atoms with van der Waals surface area (Å²) in [4.78, 5) is 10.7. The Balaban J connectivity index is 2.29. The predicted octanol–water partition coefficient (Wildman–Crippen LogP) is 2.68. The molecular weight excluding hydrogens is 228 g/mol. The van der Waals surface area contributed by atoms with Crippen LogP contribution in [0.15, 0.2) is 30.5 Å². The minimum Gasteiger partial charge on any atom is -0.439 e. The van der Waals surface area contributed by atoms with Crippen LogP contribution in [0.4, 0.5) is 0 Å². The first-order valence-corrected chi connectivity index (χ1v) is 4.99. The normalized spacial score (nSPS) is 10.1. The summed E-state index contributed by atoms with van der Waals surface area (Å²) >= 11 is 5.75. The van der Waals surface area contributed by atoms with Crippen molar-refractivity contribution in [3.63, 3.8) is 0 Å². The van der Waals surface area contributed by atoms with Gasteiger partial charge < -0.3 is 4.74 Å². The fraction of sp³-hybridized carbons (Fsp3) is 0.0909. The summed E-state index contributed by atoms with van der Waals surface area (Å²) in [6, 6.07) is 6.88. The Morgan fingerprint density at radius 1 is 1.38 bits per heavy atom. The quantitative estimate of drug-likeness (QED) is 0.770. The largest absolute Gasteiger partial charge is 0.439 e. The van der Waals surface area contributed by atoms with Crippen molar-refractivity contribution in [2.24, 2.45) is 7.05 Å². The number of benzene rings is 1. The first-order valence-electron chi connectivity index (χ1n) is 4.61. The second-order valence-corrected chi connectivity index (χ2v) is 3.64. The Bertz CT molecular complexity index is 505. The molecule has 0 bridgehead atoms. The van der Waals surface area contributed by atoms with Crippen LogP contribution in [-0.4, -0.2) is 16.1 Å². The first kappa shape index (κ1) is 10.7. The van der Waals surface area contributed by atoms with E-state index in [1.807, 2.05) is 0 Å². The van der Waals surface area contributed by atoms with Gasteiger partial charge in [0.15, 0.2) is 6.29 Å². The van der Waals surface area contributed by atoms with E-state index in [1.54, 1.807) is 31.3 Å². The fourth-order valence-corrected chi connectivity index (χ4v) is 1.39. The lowest BCUT2D eigenvalue weighted by Gasteiger charge is -2.06. The highest BCUT2D eigenvalue weighted by atomic mass is 35.5. The molecule has 0 saturated carbocycles. The average Bonchev–Trinajstić information content (AvgIpc) is 2.63. The first-order chi connectivity index (χ1) is 7.70. The van der Waals surface area contributed by atoms with Crippen molar-refractivity contribution in [1.29, 1.82) is 0 Å². The lowest BCUT2D eigenvalue weighted by molar-refractivity contribution is 0.112. The number of carbonyl (C=O) groups is 1. The zero-order chi connectivity index (χ0) is 11.5. The van der Waals surface area contributed by atoms with Crippen LogP contribution in [0.1, 0.15) is 10.4 Å². The summed E-state index contributed by atoms with van der Waals surface area (Å²) in [6.07, 6.45) is 2.16. The monoisotopic (exact) mass is 236 g/mol. The molecule has 0 N–H and O–H groups in total. The molecule has 0 atom stereocenters. The summed E-state index contributed by atoms with van der Waals surface area (Å²) < 4.78 is 7.04. The van der Waals surface area contributed by atoms with E-state index < -0.39 is 0 Å². The van der Waals surface area contributed by atoms with Gasteiger partial charge in [-0.2, -0.15) is 5.10 Å². The van der Waals surface area contributed by atoms with Gasteiger partial charge in [0.05, 0.1) is 11.8 Å². The molecule has 1 aromatic heterocycles. The summed E-state index contributed by atoms with van der Waals surface area (Å²) in [5.41, 5.74) is 0.414. The van der Waals surface area contributed by atoms with Crippen LogP contribution in [-0.2, 0) is 7.05 Å². The molecule has 1 aromatic carbocycles. The van der Waals surface area contributed by atoms with E-state index in [9.17, 15) is 4.79 Å². The minimum absolute atomic E-state index is 0.414. The Hall–Kier alpha value is -1.81. The van der Waals surface area contributed by atoms with E-state index in [-0.39, 0.29) is 0 Å². The van der Waals surface area contributed by atoms with Crippen LogP contribution in [0.25, 0.3) is 0 Å². The van der Waals surface area contributed by atoms with Gasteiger partial charge in [0.2, 0.25) is 5.88 Å². The maximum Gasteiger partial charge on any atom is 0.228 e. The standard InChI is InChI=1S/C11H9ClN2O2/c1-14-11(8(7-15)6-13-14)16-10-4-2-9(12)3-5-10/h2-7H,1H3. The number of hydrogen-bond donors (Lipinski definition) is 0. The fourth-order valence-electron chi connectivity index (χ4n) is 1.26. The van der Waals surface area contributed by atoms with Gasteiger partial charge in [0.25, 0.3) is 0 Å². The van der Waals surface area contributed by atoms with Crippen LogP contribution in [0.2, 0.25) is 5.02 Å². The number of carbonyl (C=O) groups excluding carboxylic acids is 1. The van der Waals surface area contributed by atoms with Gasteiger partial charge in [-0.25, -0.2) is 4.68 Å². The zero-order valence-corrected chi connectivity index (χ0v) is 9.31. The number of aryl methyl sites for hydroxylation is 1. The topological polar surface area (TPSA) is 44.1 Å². The van der Waals surface area contributed by atoms with Crippen LogP contribution in [0.5, 0.6) is 11.6 Å². The van der Waals surface area contributed by atoms with E-state index in [4.69, 9.17) is 16.3 Å². The number of aldehydes is 1. The van der Waals surface area contributed by atoms with E-state index in [0.717, 1.165) is 0 Å². The molecule has 0 aliphatic heterocycles. The molecule has 0 aliphatic carbocycles. The molecule has 2 rings (SSSR count). The molecule has 2 aromatic rings. The molecule has 5 heteroatoms. The summed E-state index contributed by atoms with van der Waals surface area (Å²) in [7, 11) is 1.71. The highest BCUT2D eigenvalue weighted by Gasteiger charge is 2.09. The molecule has 0 amide bonds. The maximum atomic E-state index is 10.7. The van der Waals surface area contributed by atoms with Gasteiger partial charge in [0.1, 0.15) is 5.75 Å². The van der Waals surface area contributed by atoms with Crippen molar-refractivity contribution in [2.75, 3.05) is 0 Å². The third-order valence-electron chi connectivity index (χ3n) is 2.07. The van der Waals surface area contributed by atoms with Gasteiger partial charge in [-0.3, -0.25) is 4.79 Å². The van der Waals surface area contributed by atoms with Crippen LogP contribution < -0.4 is 4.74 Å². The van der Waals surface area contributed by atoms with E-state index in [1.165, 1.54) is 10.9 Å². The molecule has 4 nitrogen and oxygen atoms in total. The highest BCUT2D eigenvalue weighted by molar-refractivity contribution is 6.30. The molecule has 0 radical (unpaired) electrons. The average molecular weight is 237 g/mol. The van der Waals surface area contributed by atoms with Gasteiger partial charge in [-0.05, 0) is 24.3 Å². The lowest BCUT2D eigenvalue weighted by Crippen LogP contribution is -1.96. The molecule has 0 aliphatic rings.